The normalized spacial score (nSPS) is 10.2. The van der Waals surface area contributed by atoms with Gasteiger partial charge >= 0.3 is 5.97 Å². The first-order valence-electron chi connectivity index (χ1n) is 7.32. The lowest BCUT2D eigenvalue weighted by Gasteiger charge is -2.11. The minimum atomic E-state index is -0.741. The molecule has 0 aliphatic heterocycles. The molecular weight excluding hydrogens is 252 g/mol. The molecule has 0 radical (unpaired) electrons. The summed E-state index contributed by atoms with van der Waals surface area (Å²) in [6, 6.07) is 0. The zero-order chi connectivity index (χ0) is 15.3. The van der Waals surface area contributed by atoms with Gasteiger partial charge in [0, 0.05) is 19.3 Å². The number of hydrogen-bond acceptors (Lipinski definition) is 2. The second-order valence-corrected chi connectivity index (χ2v) is 5.61. The average molecular weight is 278 g/mol. The maximum Gasteiger partial charge on any atom is 0.303 e. The van der Waals surface area contributed by atoms with Crippen molar-refractivity contribution in [2.24, 2.45) is 0 Å². The monoisotopic (exact) mass is 278 g/mol. The molecule has 0 aromatic rings. The van der Waals surface area contributed by atoms with Crippen LogP contribution < -0.4 is 0 Å². The molecule has 0 aliphatic carbocycles. The lowest BCUT2D eigenvalue weighted by Crippen LogP contribution is -2.16. The molecule has 0 aromatic carbocycles. The van der Waals surface area contributed by atoms with E-state index in [9.17, 15) is 9.90 Å². The Labute approximate surface area is 122 Å². The number of unbranched alkanes of at least 4 members (excludes halogenated alkanes) is 6. The van der Waals surface area contributed by atoms with Crippen molar-refractivity contribution in [2.45, 2.75) is 77.2 Å². The maximum atomic E-state index is 10.3. The number of carboxylic acids is 1. The first-order chi connectivity index (χ1) is 9.42. The second kappa shape index (κ2) is 11.4. The zero-order valence-electron chi connectivity index (χ0n) is 12.7. The highest BCUT2D eigenvalue weighted by Crippen LogP contribution is 2.08. The third kappa shape index (κ3) is 16.6. The largest absolute Gasteiger partial charge is 0.481 e. The van der Waals surface area contributed by atoms with Crippen molar-refractivity contribution in [3.05, 3.63) is 0 Å². The van der Waals surface area contributed by atoms with E-state index in [4.69, 9.17) is 5.11 Å². The summed E-state index contributed by atoms with van der Waals surface area (Å²) in [5.74, 6) is 10.7. The van der Waals surface area contributed by atoms with Gasteiger partial charge in [0.2, 0.25) is 0 Å². The van der Waals surface area contributed by atoms with Gasteiger partial charge in [-0.05, 0) is 38.5 Å². The van der Waals surface area contributed by atoms with Crippen LogP contribution in [0.3, 0.4) is 0 Å². The van der Waals surface area contributed by atoms with Gasteiger partial charge in [0.25, 0.3) is 0 Å². The van der Waals surface area contributed by atoms with Crippen LogP contribution in [-0.4, -0.2) is 21.8 Å². The van der Waals surface area contributed by atoms with Gasteiger partial charge in [-0.3, -0.25) is 4.79 Å². The molecular formula is C17H26O3. The molecule has 0 aromatic heterocycles. The molecule has 112 valence electrons. The molecule has 2 N–H and O–H groups in total. The summed E-state index contributed by atoms with van der Waals surface area (Å²) < 4.78 is 0. The van der Waals surface area contributed by atoms with Gasteiger partial charge in [0.05, 0.1) is 5.60 Å². The number of carboxylic acid groups (broad SMARTS) is 1. The Morgan fingerprint density at radius 2 is 1.50 bits per heavy atom. The van der Waals surface area contributed by atoms with Crippen LogP contribution in [0.25, 0.3) is 0 Å². The van der Waals surface area contributed by atoms with Gasteiger partial charge in [0.1, 0.15) is 0 Å². The summed E-state index contributed by atoms with van der Waals surface area (Å²) >= 11 is 0. The Bertz CT molecular complexity index is 382. The van der Waals surface area contributed by atoms with Crippen LogP contribution in [0.5, 0.6) is 0 Å². The van der Waals surface area contributed by atoms with E-state index in [-0.39, 0.29) is 6.42 Å². The third-order valence-corrected chi connectivity index (χ3v) is 2.70. The molecule has 20 heavy (non-hydrogen) atoms. The Hall–Kier alpha value is -1.45. The van der Waals surface area contributed by atoms with Gasteiger partial charge in [0.15, 0.2) is 0 Å². The Balaban J connectivity index is 3.39. The first-order valence-corrected chi connectivity index (χ1v) is 7.32. The van der Waals surface area contributed by atoms with Crippen molar-refractivity contribution in [3.63, 3.8) is 0 Å². The smallest absolute Gasteiger partial charge is 0.303 e. The molecule has 0 aliphatic rings. The summed E-state index contributed by atoms with van der Waals surface area (Å²) in [7, 11) is 0. The van der Waals surface area contributed by atoms with Gasteiger partial charge in [-0.2, -0.15) is 0 Å². The highest BCUT2D eigenvalue weighted by Gasteiger charge is 2.08. The molecule has 3 nitrogen and oxygen atoms in total. The summed E-state index contributed by atoms with van der Waals surface area (Å²) in [4.78, 5) is 10.3. The molecule has 0 unspecified atom stereocenters. The second-order valence-electron chi connectivity index (χ2n) is 5.61. The van der Waals surface area contributed by atoms with Crippen molar-refractivity contribution in [1.82, 2.24) is 0 Å². The van der Waals surface area contributed by atoms with E-state index >= 15 is 0 Å². The van der Waals surface area contributed by atoms with Crippen molar-refractivity contribution in [3.8, 4) is 23.7 Å². The van der Waals surface area contributed by atoms with Crippen LogP contribution in [0.4, 0.5) is 0 Å². The summed E-state index contributed by atoms with van der Waals surface area (Å²) in [5.41, 5.74) is -0.741. The number of hydrogen-bond donors (Lipinski definition) is 2. The molecule has 0 amide bonds. The molecule has 0 atom stereocenters. The Morgan fingerprint density at radius 3 is 2.10 bits per heavy atom. The summed E-state index contributed by atoms with van der Waals surface area (Å²) in [6.45, 7) is 3.46. The molecule has 0 rings (SSSR count). The molecule has 0 fully saturated rings. The molecule has 3 heteroatoms. The van der Waals surface area contributed by atoms with Crippen molar-refractivity contribution >= 4 is 5.97 Å². The Morgan fingerprint density at radius 1 is 0.950 bits per heavy atom. The van der Waals surface area contributed by atoms with Crippen molar-refractivity contribution < 1.29 is 15.0 Å². The van der Waals surface area contributed by atoms with E-state index in [0.717, 1.165) is 44.9 Å². The predicted octanol–water partition coefficient (Wildman–Crippen LogP) is 3.36. The minimum absolute atomic E-state index is 0.286. The van der Waals surface area contributed by atoms with E-state index in [0.29, 0.717) is 6.42 Å². The summed E-state index contributed by atoms with van der Waals surface area (Å²) in [5, 5.41) is 17.9. The average Bonchev–Trinajstić information content (AvgIpc) is 2.33. The topological polar surface area (TPSA) is 57.5 Å². The highest BCUT2D eigenvalue weighted by atomic mass is 16.4. The molecule has 0 saturated carbocycles. The van der Waals surface area contributed by atoms with E-state index in [1.807, 2.05) is 0 Å². The van der Waals surface area contributed by atoms with Crippen molar-refractivity contribution in [2.75, 3.05) is 0 Å². The van der Waals surface area contributed by atoms with E-state index in [1.165, 1.54) is 0 Å². The zero-order valence-corrected chi connectivity index (χ0v) is 12.7. The predicted molar refractivity (Wildman–Crippen MR) is 81.0 cm³/mol. The van der Waals surface area contributed by atoms with Crippen LogP contribution >= 0.6 is 0 Å². The molecule has 0 saturated heterocycles. The highest BCUT2D eigenvalue weighted by molar-refractivity contribution is 5.66. The molecule has 0 heterocycles. The lowest BCUT2D eigenvalue weighted by atomic mass is 10.1. The van der Waals surface area contributed by atoms with Crippen LogP contribution in [0.15, 0.2) is 0 Å². The molecule has 0 bridgehead atoms. The Kier molecular flexibility index (Phi) is 10.6. The maximum absolute atomic E-state index is 10.3. The fourth-order valence-corrected chi connectivity index (χ4v) is 1.61. The van der Waals surface area contributed by atoms with Crippen LogP contribution in [0, 0.1) is 23.7 Å². The number of aliphatic carboxylic acids is 1. The van der Waals surface area contributed by atoms with Crippen LogP contribution in [0.2, 0.25) is 0 Å². The number of carbonyl (C=O) groups is 1. The molecule has 0 spiro atoms. The van der Waals surface area contributed by atoms with E-state index < -0.39 is 11.6 Å². The number of aliphatic hydroxyl groups is 1. The van der Waals surface area contributed by atoms with Crippen LogP contribution in [-0.2, 0) is 4.79 Å². The number of rotatable bonds is 9. The van der Waals surface area contributed by atoms with E-state index in [1.54, 1.807) is 13.8 Å². The fraction of sp³-hybridized carbons (Fsp3) is 0.706. The van der Waals surface area contributed by atoms with Gasteiger partial charge in [-0.25, -0.2) is 0 Å². The fourth-order valence-electron chi connectivity index (χ4n) is 1.61. The van der Waals surface area contributed by atoms with Gasteiger partial charge in [-0.15, -0.1) is 0 Å². The van der Waals surface area contributed by atoms with Gasteiger partial charge < -0.3 is 10.2 Å². The standard InChI is InChI=1S/C17H26O3/c1-17(2,20)15-13-11-9-7-5-3-4-6-8-10-12-14-16(18)19/h20H,3-6,8,10,12,14-15H2,1-2H3,(H,18,19). The lowest BCUT2D eigenvalue weighted by molar-refractivity contribution is -0.137. The minimum Gasteiger partial charge on any atom is -0.481 e. The third-order valence-electron chi connectivity index (χ3n) is 2.70. The quantitative estimate of drug-likeness (QED) is 0.502. The van der Waals surface area contributed by atoms with Crippen molar-refractivity contribution in [1.29, 1.82) is 0 Å². The summed E-state index contributed by atoms with van der Waals surface area (Å²) in [6.07, 6.45) is 7.82. The van der Waals surface area contributed by atoms with Gasteiger partial charge in [-0.1, -0.05) is 37.5 Å². The van der Waals surface area contributed by atoms with E-state index in [2.05, 4.69) is 23.7 Å². The SMILES string of the molecule is CC(C)(O)CC#CC#CCCCCCCCCC(=O)O. The van der Waals surface area contributed by atoms with Crippen LogP contribution in [0.1, 0.15) is 71.6 Å². The first kappa shape index (κ1) is 18.6.